The standard InChI is InChI=1S/C15H20BrN3O/c1-2-17-11-13-10-14(16)4-5-15(13)20-9-3-7-19-8-6-18-12-19/h4-6,8,10,12,17H,2-3,7,9,11H2,1H3. The van der Waals surface area contributed by atoms with E-state index in [1.165, 1.54) is 5.56 Å². The Morgan fingerprint density at radius 2 is 2.30 bits per heavy atom. The smallest absolute Gasteiger partial charge is 0.123 e. The lowest BCUT2D eigenvalue weighted by Crippen LogP contribution is -2.13. The second-order valence-corrected chi connectivity index (χ2v) is 5.45. The molecule has 20 heavy (non-hydrogen) atoms. The van der Waals surface area contributed by atoms with Crippen LogP contribution in [0.1, 0.15) is 18.9 Å². The van der Waals surface area contributed by atoms with Crippen LogP contribution < -0.4 is 10.1 Å². The van der Waals surface area contributed by atoms with E-state index >= 15 is 0 Å². The van der Waals surface area contributed by atoms with Crippen molar-refractivity contribution in [1.82, 2.24) is 14.9 Å². The molecule has 0 saturated heterocycles. The second kappa shape index (κ2) is 8.07. The van der Waals surface area contributed by atoms with Gasteiger partial charge in [-0.05, 0) is 31.2 Å². The molecule has 0 spiro atoms. The number of hydrogen-bond donors (Lipinski definition) is 1. The highest BCUT2D eigenvalue weighted by Gasteiger charge is 2.04. The summed E-state index contributed by atoms with van der Waals surface area (Å²) in [6, 6.07) is 6.14. The zero-order valence-corrected chi connectivity index (χ0v) is 13.3. The Bertz CT molecular complexity index is 514. The van der Waals surface area contributed by atoms with Crippen molar-refractivity contribution in [1.29, 1.82) is 0 Å². The first kappa shape index (κ1) is 15.1. The largest absolute Gasteiger partial charge is 0.493 e. The summed E-state index contributed by atoms with van der Waals surface area (Å²) in [4.78, 5) is 4.03. The highest BCUT2D eigenvalue weighted by Crippen LogP contribution is 2.23. The quantitative estimate of drug-likeness (QED) is 0.751. The van der Waals surface area contributed by atoms with Gasteiger partial charge in [0, 0.05) is 35.5 Å². The molecule has 1 heterocycles. The molecule has 108 valence electrons. The number of imidazole rings is 1. The second-order valence-electron chi connectivity index (χ2n) is 4.53. The van der Waals surface area contributed by atoms with Gasteiger partial charge in [-0.15, -0.1) is 0 Å². The van der Waals surface area contributed by atoms with Crippen molar-refractivity contribution in [3.05, 3.63) is 47.0 Å². The van der Waals surface area contributed by atoms with Crippen molar-refractivity contribution in [2.75, 3.05) is 13.2 Å². The molecule has 0 aliphatic rings. The summed E-state index contributed by atoms with van der Waals surface area (Å²) in [5.41, 5.74) is 1.18. The summed E-state index contributed by atoms with van der Waals surface area (Å²) in [7, 11) is 0. The molecule has 1 aromatic heterocycles. The zero-order chi connectivity index (χ0) is 14.2. The molecule has 0 radical (unpaired) electrons. The van der Waals surface area contributed by atoms with Crippen LogP contribution in [0, 0.1) is 0 Å². The molecule has 5 heteroatoms. The summed E-state index contributed by atoms with van der Waals surface area (Å²) in [6.07, 6.45) is 6.56. The molecule has 2 rings (SSSR count). The summed E-state index contributed by atoms with van der Waals surface area (Å²) in [6.45, 7) is 5.51. The van der Waals surface area contributed by atoms with E-state index in [0.717, 1.165) is 36.3 Å². The molecule has 1 N–H and O–H groups in total. The van der Waals surface area contributed by atoms with Crippen molar-refractivity contribution < 1.29 is 4.74 Å². The maximum atomic E-state index is 5.89. The lowest BCUT2D eigenvalue weighted by atomic mass is 10.2. The Morgan fingerprint density at radius 1 is 1.40 bits per heavy atom. The van der Waals surface area contributed by atoms with Crippen molar-refractivity contribution in [3.63, 3.8) is 0 Å². The van der Waals surface area contributed by atoms with Gasteiger partial charge >= 0.3 is 0 Å². The van der Waals surface area contributed by atoms with E-state index in [0.29, 0.717) is 6.61 Å². The van der Waals surface area contributed by atoms with Crippen LogP contribution in [0.25, 0.3) is 0 Å². The van der Waals surface area contributed by atoms with E-state index < -0.39 is 0 Å². The first-order valence-corrected chi connectivity index (χ1v) is 7.66. The summed E-state index contributed by atoms with van der Waals surface area (Å²) in [5.74, 6) is 0.958. The fourth-order valence-electron chi connectivity index (χ4n) is 1.93. The fourth-order valence-corrected chi connectivity index (χ4v) is 2.34. The number of ether oxygens (including phenoxy) is 1. The van der Waals surface area contributed by atoms with Crippen LogP contribution in [0.2, 0.25) is 0 Å². The van der Waals surface area contributed by atoms with Crippen LogP contribution in [0.3, 0.4) is 0 Å². The minimum Gasteiger partial charge on any atom is -0.493 e. The molecular weight excluding hydrogens is 318 g/mol. The third-order valence-corrected chi connectivity index (χ3v) is 3.46. The molecule has 4 nitrogen and oxygen atoms in total. The molecule has 0 fully saturated rings. The third-order valence-electron chi connectivity index (χ3n) is 2.97. The van der Waals surface area contributed by atoms with E-state index in [1.807, 2.05) is 24.7 Å². The molecule has 0 atom stereocenters. The number of hydrogen-bond acceptors (Lipinski definition) is 3. The predicted molar refractivity (Wildman–Crippen MR) is 83.9 cm³/mol. The molecule has 0 bridgehead atoms. The van der Waals surface area contributed by atoms with Crippen molar-refractivity contribution in [2.24, 2.45) is 0 Å². The van der Waals surface area contributed by atoms with Gasteiger partial charge in [0.25, 0.3) is 0 Å². The van der Waals surface area contributed by atoms with E-state index in [-0.39, 0.29) is 0 Å². The van der Waals surface area contributed by atoms with Crippen molar-refractivity contribution in [2.45, 2.75) is 26.4 Å². The molecule has 0 amide bonds. The molecule has 0 saturated carbocycles. The topological polar surface area (TPSA) is 39.1 Å². The number of nitrogens with zero attached hydrogens (tertiary/aromatic N) is 2. The number of aryl methyl sites for hydroxylation is 1. The fraction of sp³-hybridized carbons (Fsp3) is 0.400. The predicted octanol–water partition coefficient (Wildman–Crippen LogP) is 3.22. The lowest BCUT2D eigenvalue weighted by molar-refractivity contribution is 0.298. The number of halogens is 1. The third kappa shape index (κ3) is 4.65. The highest BCUT2D eigenvalue weighted by atomic mass is 79.9. The SMILES string of the molecule is CCNCc1cc(Br)ccc1OCCCn1ccnc1. The minimum atomic E-state index is 0.707. The van der Waals surface area contributed by atoms with Crippen molar-refractivity contribution in [3.8, 4) is 5.75 Å². The molecule has 0 unspecified atom stereocenters. The molecular formula is C15H20BrN3O. The summed E-state index contributed by atoms with van der Waals surface area (Å²) >= 11 is 3.50. The molecule has 0 aliphatic carbocycles. The Balaban J connectivity index is 1.84. The maximum absolute atomic E-state index is 5.89. The van der Waals surface area contributed by atoms with E-state index in [4.69, 9.17) is 4.74 Å². The number of aromatic nitrogens is 2. The van der Waals surface area contributed by atoms with E-state index in [2.05, 4.69) is 43.8 Å². The average Bonchev–Trinajstić information content (AvgIpc) is 2.96. The maximum Gasteiger partial charge on any atom is 0.123 e. The van der Waals surface area contributed by atoms with Crippen LogP contribution in [0.5, 0.6) is 5.75 Å². The van der Waals surface area contributed by atoms with E-state index in [1.54, 1.807) is 6.20 Å². The lowest BCUT2D eigenvalue weighted by Gasteiger charge is -2.12. The van der Waals surface area contributed by atoms with Gasteiger partial charge in [0.05, 0.1) is 12.9 Å². The Hall–Kier alpha value is -1.33. The number of nitrogens with one attached hydrogen (secondary N) is 1. The van der Waals surface area contributed by atoms with Crippen LogP contribution in [0.4, 0.5) is 0 Å². The van der Waals surface area contributed by atoms with Crippen LogP contribution in [-0.2, 0) is 13.1 Å². The zero-order valence-electron chi connectivity index (χ0n) is 11.7. The monoisotopic (exact) mass is 337 g/mol. The van der Waals surface area contributed by atoms with Gasteiger partial charge in [-0.3, -0.25) is 0 Å². The van der Waals surface area contributed by atoms with Crippen LogP contribution in [0.15, 0.2) is 41.4 Å². The molecule has 2 aromatic rings. The first-order chi connectivity index (χ1) is 9.79. The Labute approximate surface area is 128 Å². The van der Waals surface area contributed by atoms with Crippen molar-refractivity contribution >= 4 is 15.9 Å². The Morgan fingerprint density at radius 3 is 3.05 bits per heavy atom. The number of benzene rings is 1. The summed E-state index contributed by atoms with van der Waals surface area (Å²) in [5, 5.41) is 3.33. The van der Waals surface area contributed by atoms with Crippen LogP contribution in [-0.4, -0.2) is 22.7 Å². The highest BCUT2D eigenvalue weighted by molar-refractivity contribution is 9.10. The normalized spacial score (nSPS) is 10.7. The van der Waals surface area contributed by atoms with Gasteiger partial charge in [0.15, 0.2) is 0 Å². The Kier molecular flexibility index (Phi) is 6.08. The van der Waals surface area contributed by atoms with E-state index in [9.17, 15) is 0 Å². The summed E-state index contributed by atoms with van der Waals surface area (Å²) < 4.78 is 9.03. The first-order valence-electron chi connectivity index (χ1n) is 6.87. The van der Waals surface area contributed by atoms with Gasteiger partial charge in [0.2, 0.25) is 0 Å². The molecule has 0 aliphatic heterocycles. The molecule has 1 aromatic carbocycles. The van der Waals surface area contributed by atoms with Gasteiger partial charge in [-0.1, -0.05) is 22.9 Å². The number of rotatable bonds is 8. The van der Waals surface area contributed by atoms with Gasteiger partial charge in [-0.2, -0.15) is 0 Å². The van der Waals surface area contributed by atoms with Gasteiger partial charge in [0.1, 0.15) is 5.75 Å². The average molecular weight is 338 g/mol. The minimum absolute atomic E-state index is 0.707. The van der Waals surface area contributed by atoms with Crippen LogP contribution >= 0.6 is 15.9 Å². The van der Waals surface area contributed by atoms with Gasteiger partial charge < -0.3 is 14.6 Å². The van der Waals surface area contributed by atoms with Gasteiger partial charge in [-0.25, -0.2) is 4.98 Å².